The summed E-state index contributed by atoms with van der Waals surface area (Å²) < 4.78 is 16.0. The summed E-state index contributed by atoms with van der Waals surface area (Å²) in [6.07, 6.45) is 1.54. The van der Waals surface area contributed by atoms with Gasteiger partial charge in [0.25, 0.3) is 0 Å². The molecule has 28 heavy (non-hydrogen) atoms. The summed E-state index contributed by atoms with van der Waals surface area (Å²) in [5.41, 5.74) is -0.174. The predicted molar refractivity (Wildman–Crippen MR) is 121 cm³/mol. The van der Waals surface area contributed by atoms with Crippen molar-refractivity contribution in [3.05, 3.63) is 47.9 Å². The molecule has 0 radical (unpaired) electrons. The molecular formula is C20H30IN3O4. The monoisotopic (exact) mass is 503 g/mol. The van der Waals surface area contributed by atoms with Crippen LogP contribution in [-0.4, -0.2) is 50.3 Å². The molecule has 2 aromatic rings. The molecule has 0 bridgehead atoms. The third kappa shape index (κ3) is 6.30. The van der Waals surface area contributed by atoms with Gasteiger partial charge in [-0.25, -0.2) is 4.99 Å². The lowest BCUT2D eigenvalue weighted by Gasteiger charge is -2.25. The summed E-state index contributed by atoms with van der Waals surface area (Å²) in [5.74, 6) is 2.66. The smallest absolute Gasteiger partial charge is 0.194 e. The number of aliphatic imine (C=N–C) groups is 1. The average Bonchev–Trinajstić information content (AvgIpc) is 3.21. The first-order chi connectivity index (χ1) is 12.9. The van der Waals surface area contributed by atoms with Crippen molar-refractivity contribution < 1.29 is 19.0 Å². The van der Waals surface area contributed by atoms with E-state index in [1.165, 1.54) is 0 Å². The molecule has 1 aromatic carbocycles. The van der Waals surface area contributed by atoms with Crippen molar-refractivity contribution in [2.24, 2.45) is 4.99 Å². The molecule has 7 nitrogen and oxygen atoms in total. The van der Waals surface area contributed by atoms with Gasteiger partial charge in [-0.05, 0) is 38.1 Å². The molecule has 8 heteroatoms. The fraction of sp³-hybridized carbons (Fsp3) is 0.450. The van der Waals surface area contributed by atoms with E-state index in [2.05, 4.69) is 10.3 Å². The van der Waals surface area contributed by atoms with Crippen LogP contribution >= 0.6 is 24.0 Å². The third-order valence-electron chi connectivity index (χ3n) is 4.19. The molecule has 1 heterocycles. The zero-order chi connectivity index (χ0) is 19.9. The highest BCUT2D eigenvalue weighted by molar-refractivity contribution is 14.0. The van der Waals surface area contributed by atoms with Crippen LogP contribution in [0.25, 0.3) is 0 Å². The van der Waals surface area contributed by atoms with E-state index in [9.17, 15) is 5.11 Å². The van der Waals surface area contributed by atoms with Crippen molar-refractivity contribution >= 4 is 29.9 Å². The number of hydrogen-bond donors (Lipinski definition) is 2. The maximum absolute atomic E-state index is 10.6. The van der Waals surface area contributed by atoms with Crippen molar-refractivity contribution in [3.8, 4) is 11.5 Å². The summed E-state index contributed by atoms with van der Waals surface area (Å²) in [6.45, 7) is 5.16. The topological polar surface area (TPSA) is 79.5 Å². The molecule has 0 amide bonds. The van der Waals surface area contributed by atoms with Gasteiger partial charge >= 0.3 is 0 Å². The first kappa shape index (κ1) is 24.1. The number of ether oxygens (including phenoxy) is 2. The van der Waals surface area contributed by atoms with Crippen molar-refractivity contribution in [1.29, 1.82) is 0 Å². The van der Waals surface area contributed by atoms with E-state index in [-0.39, 0.29) is 30.5 Å². The Morgan fingerprint density at radius 1 is 1.29 bits per heavy atom. The lowest BCUT2D eigenvalue weighted by Crippen LogP contribution is -2.39. The van der Waals surface area contributed by atoms with Crippen LogP contribution in [-0.2, 0) is 12.1 Å². The molecule has 0 aliphatic heterocycles. The lowest BCUT2D eigenvalue weighted by molar-refractivity contribution is 0.0435. The number of rotatable bonds is 8. The lowest BCUT2D eigenvalue weighted by atomic mass is 10.0. The number of aliphatic hydroxyl groups is 1. The van der Waals surface area contributed by atoms with Crippen LogP contribution in [0.1, 0.15) is 25.2 Å². The Kier molecular flexibility index (Phi) is 9.60. The summed E-state index contributed by atoms with van der Waals surface area (Å²) in [7, 11) is 5.20. The van der Waals surface area contributed by atoms with Crippen LogP contribution in [0.3, 0.4) is 0 Å². The summed E-state index contributed by atoms with van der Waals surface area (Å²) in [4.78, 5) is 6.56. The molecule has 0 fully saturated rings. The average molecular weight is 503 g/mol. The molecule has 1 atom stereocenters. The van der Waals surface area contributed by atoms with E-state index in [1.807, 2.05) is 37.1 Å². The largest absolute Gasteiger partial charge is 0.497 e. The van der Waals surface area contributed by atoms with E-state index in [0.29, 0.717) is 24.8 Å². The van der Waals surface area contributed by atoms with Gasteiger partial charge in [-0.2, -0.15) is 0 Å². The van der Waals surface area contributed by atoms with Gasteiger partial charge in [0.15, 0.2) is 5.96 Å². The number of halogens is 1. The van der Waals surface area contributed by atoms with E-state index < -0.39 is 5.60 Å². The quantitative estimate of drug-likeness (QED) is 0.327. The Bertz CT molecular complexity index is 748. The molecule has 2 rings (SSSR count). The first-order valence-electron chi connectivity index (χ1n) is 8.88. The van der Waals surface area contributed by atoms with Gasteiger partial charge < -0.3 is 29.2 Å². The van der Waals surface area contributed by atoms with Crippen LogP contribution in [0.2, 0.25) is 0 Å². The number of hydrogen-bond acceptors (Lipinski definition) is 5. The number of methoxy groups -OCH3 is 2. The summed E-state index contributed by atoms with van der Waals surface area (Å²) in [6, 6.07) is 9.22. The Morgan fingerprint density at radius 2 is 2.04 bits per heavy atom. The standard InChI is InChI=1S/C20H29N3O4.HI/c1-6-21-19(22-14-20(2,24)18-8-7-11-27-18)23(3)13-15-9-10-16(25-4)12-17(15)26-5;/h7-12,24H,6,13-14H2,1-5H3,(H,21,22);1H. The Balaban J connectivity index is 0.00000392. The van der Waals surface area contributed by atoms with Gasteiger partial charge in [-0.3, -0.25) is 0 Å². The third-order valence-corrected chi connectivity index (χ3v) is 4.19. The second-order valence-corrected chi connectivity index (χ2v) is 6.46. The maximum atomic E-state index is 10.6. The fourth-order valence-corrected chi connectivity index (χ4v) is 2.67. The zero-order valence-corrected chi connectivity index (χ0v) is 19.4. The van der Waals surface area contributed by atoms with Crippen molar-refractivity contribution in [3.63, 3.8) is 0 Å². The van der Waals surface area contributed by atoms with Crippen molar-refractivity contribution in [2.75, 3.05) is 34.4 Å². The van der Waals surface area contributed by atoms with Crippen molar-refractivity contribution in [1.82, 2.24) is 10.2 Å². The highest BCUT2D eigenvalue weighted by Crippen LogP contribution is 2.26. The van der Waals surface area contributed by atoms with E-state index in [0.717, 1.165) is 17.1 Å². The van der Waals surface area contributed by atoms with E-state index in [4.69, 9.17) is 13.9 Å². The van der Waals surface area contributed by atoms with Gasteiger partial charge in [0.2, 0.25) is 0 Å². The molecule has 1 aromatic heterocycles. The Morgan fingerprint density at radius 3 is 2.61 bits per heavy atom. The van der Waals surface area contributed by atoms with Gasteiger partial charge in [0.05, 0.1) is 27.0 Å². The van der Waals surface area contributed by atoms with Crippen LogP contribution in [0.5, 0.6) is 11.5 Å². The Labute approximate surface area is 183 Å². The number of furan rings is 1. The first-order valence-corrected chi connectivity index (χ1v) is 8.88. The normalized spacial score (nSPS) is 13.3. The minimum Gasteiger partial charge on any atom is -0.497 e. The maximum Gasteiger partial charge on any atom is 0.194 e. The second kappa shape index (κ2) is 11.2. The summed E-state index contributed by atoms with van der Waals surface area (Å²) in [5, 5.41) is 13.9. The Hall–Kier alpha value is -1.94. The fourth-order valence-electron chi connectivity index (χ4n) is 2.67. The number of guanidine groups is 1. The number of nitrogens with one attached hydrogen (secondary N) is 1. The molecule has 156 valence electrons. The van der Waals surface area contributed by atoms with E-state index >= 15 is 0 Å². The summed E-state index contributed by atoms with van der Waals surface area (Å²) >= 11 is 0. The molecule has 2 N–H and O–H groups in total. The molecule has 0 saturated carbocycles. The molecule has 0 spiro atoms. The van der Waals surface area contributed by atoms with Crippen molar-refractivity contribution in [2.45, 2.75) is 26.0 Å². The van der Waals surface area contributed by atoms with Crippen LogP contribution in [0.15, 0.2) is 46.0 Å². The molecule has 0 aliphatic rings. The number of nitrogens with zero attached hydrogens (tertiary/aromatic N) is 2. The molecule has 0 saturated heterocycles. The van der Waals surface area contributed by atoms with Gasteiger partial charge in [0.1, 0.15) is 22.9 Å². The second-order valence-electron chi connectivity index (χ2n) is 6.46. The highest BCUT2D eigenvalue weighted by Gasteiger charge is 2.26. The SMILES string of the molecule is CCNC(=NCC(C)(O)c1ccco1)N(C)Cc1ccc(OC)cc1OC.I. The minimum absolute atomic E-state index is 0. The predicted octanol–water partition coefficient (Wildman–Crippen LogP) is 3.22. The molecule has 1 unspecified atom stereocenters. The zero-order valence-electron chi connectivity index (χ0n) is 17.1. The van der Waals surface area contributed by atoms with Gasteiger partial charge in [0, 0.05) is 31.8 Å². The van der Waals surface area contributed by atoms with Crippen LogP contribution in [0, 0.1) is 0 Å². The molecule has 0 aliphatic carbocycles. The van der Waals surface area contributed by atoms with Crippen LogP contribution < -0.4 is 14.8 Å². The van der Waals surface area contributed by atoms with Crippen LogP contribution in [0.4, 0.5) is 0 Å². The van der Waals surface area contributed by atoms with Gasteiger partial charge in [-0.1, -0.05) is 0 Å². The van der Waals surface area contributed by atoms with Gasteiger partial charge in [-0.15, -0.1) is 24.0 Å². The highest BCUT2D eigenvalue weighted by atomic mass is 127. The number of benzene rings is 1. The molecular weight excluding hydrogens is 473 g/mol. The minimum atomic E-state index is -1.18. The van der Waals surface area contributed by atoms with E-state index in [1.54, 1.807) is 39.5 Å².